The molecule has 0 unspecified atom stereocenters. The van der Waals surface area contributed by atoms with Crippen LogP contribution in [0.1, 0.15) is 73.2 Å². The summed E-state index contributed by atoms with van der Waals surface area (Å²) in [4.78, 5) is 29.2. The summed E-state index contributed by atoms with van der Waals surface area (Å²) in [6.45, 7) is 5.55. The number of carbonyl (C=O) groups excluding carboxylic acids is 1. The molecule has 2 atom stereocenters. The minimum atomic E-state index is -0.864. The molecule has 1 amide bonds. The van der Waals surface area contributed by atoms with Gasteiger partial charge in [0.1, 0.15) is 5.82 Å². The van der Waals surface area contributed by atoms with Crippen molar-refractivity contribution in [2.24, 2.45) is 5.92 Å². The monoisotopic (exact) mass is 522 g/mol. The maximum absolute atomic E-state index is 15.4. The van der Waals surface area contributed by atoms with E-state index in [2.05, 4.69) is 10.3 Å². The van der Waals surface area contributed by atoms with Gasteiger partial charge in [0.25, 0.3) is 0 Å². The number of carboxylic acids is 1. The predicted molar refractivity (Wildman–Crippen MR) is 145 cm³/mol. The van der Waals surface area contributed by atoms with Gasteiger partial charge < -0.3 is 10.4 Å². The molecule has 3 aromatic rings. The molecule has 0 radical (unpaired) electrons. The van der Waals surface area contributed by atoms with E-state index < -0.39 is 17.7 Å². The summed E-state index contributed by atoms with van der Waals surface area (Å²) in [5, 5.41) is 12.8. The average molecular weight is 523 g/mol. The molecule has 4 rings (SSSR count). The second kappa shape index (κ2) is 11.4. The molecule has 1 heterocycles. The van der Waals surface area contributed by atoms with Crippen molar-refractivity contribution in [2.75, 3.05) is 5.32 Å². The van der Waals surface area contributed by atoms with Crippen molar-refractivity contribution in [3.8, 4) is 11.1 Å². The van der Waals surface area contributed by atoms with Crippen LogP contribution in [0.5, 0.6) is 0 Å². The molecular formula is C30H32ClFN2O3. The summed E-state index contributed by atoms with van der Waals surface area (Å²) in [6.07, 6.45) is 5.52. The predicted octanol–water partition coefficient (Wildman–Crippen LogP) is 7.65. The number of hydrogen-bond donors (Lipinski definition) is 2. The number of hydrogen-bond acceptors (Lipinski definition) is 3. The molecular weight excluding hydrogens is 491 g/mol. The minimum absolute atomic E-state index is 0.0102. The van der Waals surface area contributed by atoms with Crippen LogP contribution in [0.15, 0.2) is 48.7 Å². The van der Waals surface area contributed by atoms with Gasteiger partial charge in [0.2, 0.25) is 5.91 Å². The summed E-state index contributed by atoms with van der Waals surface area (Å²) in [5.41, 5.74) is 4.68. The molecule has 1 fully saturated rings. The molecule has 2 N–H and O–H groups in total. The topological polar surface area (TPSA) is 79.3 Å². The van der Waals surface area contributed by atoms with Crippen LogP contribution < -0.4 is 5.32 Å². The number of aryl methyl sites for hydroxylation is 1. The molecule has 7 heteroatoms. The number of halogens is 2. The van der Waals surface area contributed by atoms with E-state index in [1.807, 2.05) is 38.1 Å². The first-order valence-electron chi connectivity index (χ1n) is 12.7. The van der Waals surface area contributed by atoms with Gasteiger partial charge in [-0.15, -0.1) is 0 Å². The highest BCUT2D eigenvalue weighted by Gasteiger charge is 2.33. The van der Waals surface area contributed by atoms with Gasteiger partial charge in [-0.3, -0.25) is 14.6 Å². The number of nitrogens with one attached hydrogen (secondary N) is 1. The largest absolute Gasteiger partial charge is 0.481 e. The summed E-state index contributed by atoms with van der Waals surface area (Å²) in [5.74, 6) is -2.02. The number of amides is 1. The van der Waals surface area contributed by atoms with Crippen molar-refractivity contribution < 1.29 is 19.1 Å². The molecule has 1 aliphatic rings. The molecule has 37 heavy (non-hydrogen) atoms. The SMILES string of the molecule is Cc1ncc(-c2ccc([C@@H](C(=O)Nc3cccc([C@@H](C)CC(=O)O)c3C)C3CCCC3)cc2F)cc1Cl. The fraction of sp³-hybridized carbons (Fsp3) is 0.367. The normalized spacial score (nSPS) is 15.4. The highest BCUT2D eigenvalue weighted by atomic mass is 35.5. The third kappa shape index (κ3) is 6.02. The summed E-state index contributed by atoms with van der Waals surface area (Å²) < 4.78 is 15.4. The molecule has 0 bridgehead atoms. The van der Waals surface area contributed by atoms with E-state index in [0.29, 0.717) is 33.1 Å². The Bertz CT molecular complexity index is 1320. The van der Waals surface area contributed by atoms with Crippen LogP contribution in [0.2, 0.25) is 5.02 Å². The van der Waals surface area contributed by atoms with Crippen LogP contribution >= 0.6 is 11.6 Å². The van der Waals surface area contributed by atoms with E-state index in [4.69, 9.17) is 11.6 Å². The number of anilines is 1. The zero-order valence-corrected chi connectivity index (χ0v) is 22.1. The van der Waals surface area contributed by atoms with Crippen molar-refractivity contribution in [2.45, 2.75) is 64.7 Å². The quantitative estimate of drug-likeness (QED) is 0.318. The van der Waals surface area contributed by atoms with Crippen molar-refractivity contribution in [1.82, 2.24) is 4.98 Å². The highest BCUT2D eigenvalue weighted by Crippen LogP contribution is 2.40. The van der Waals surface area contributed by atoms with Gasteiger partial charge >= 0.3 is 5.97 Å². The van der Waals surface area contributed by atoms with Crippen molar-refractivity contribution in [3.05, 3.63) is 81.9 Å². The Morgan fingerprint density at radius 2 is 1.89 bits per heavy atom. The fourth-order valence-electron chi connectivity index (χ4n) is 5.45. The van der Waals surface area contributed by atoms with Gasteiger partial charge in [0.05, 0.1) is 23.1 Å². The van der Waals surface area contributed by atoms with Crippen LogP contribution in [-0.4, -0.2) is 22.0 Å². The molecule has 0 aliphatic heterocycles. The summed E-state index contributed by atoms with van der Waals surface area (Å²) >= 11 is 6.20. The van der Waals surface area contributed by atoms with Gasteiger partial charge in [-0.2, -0.15) is 0 Å². The first kappa shape index (κ1) is 26.8. The van der Waals surface area contributed by atoms with Gasteiger partial charge in [-0.05, 0) is 73.4 Å². The number of pyridine rings is 1. The molecule has 5 nitrogen and oxygen atoms in total. The molecule has 0 spiro atoms. The standard InChI is InChI=1S/C30H32ClFN2O3/c1-17(13-28(35)36)23-9-6-10-27(18(23)2)34-30(37)29(20-7-4-5-8-20)21-11-12-24(26(32)15-21)22-14-25(31)19(3)33-16-22/h6,9-12,14-17,20,29H,4-5,7-8,13H2,1-3H3,(H,34,37)(H,35,36)/t17-,29-/m0/s1. The second-order valence-corrected chi connectivity index (χ2v) is 10.5. The number of aliphatic carboxylic acids is 1. The first-order chi connectivity index (χ1) is 17.7. The molecule has 1 aromatic heterocycles. The molecule has 2 aromatic carbocycles. The smallest absolute Gasteiger partial charge is 0.303 e. The van der Waals surface area contributed by atoms with Gasteiger partial charge in [-0.25, -0.2) is 4.39 Å². The maximum Gasteiger partial charge on any atom is 0.303 e. The zero-order chi connectivity index (χ0) is 26.7. The molecule has 1 saturated carbocycles. The van der Waals surface area contributed by atoms with Crippen LogP contribution in [0.3, 0.4) is 0 Å². The van der Waals surface area contributed by atoms with E-state index in [1.54, 1.807) is 25.3 Å². The Morgan fingerprint density at radius 3 is 2.54 bits per heavy atom. The maximum atomic E-state index is 15.4. The lowest BCUT2D eigenvalue weighted by Crippen LogP contribution is -2.27. The van der Waals surface area contributed by atoms with Gasteiger partial charge in [0.15, 0.2) is 0 Å². The number of rotatable bonds is 8. The van der Waals surface area contributed by atoms with E-state index in [1.165, 1.54) is 6.07 Å². The van der Waals surface area contributed by atoms with Crippen LogP contribution in [0.4, 0.5) is 10.1 Å². The average Bonchev–Trinajstić information content (AvgIpc) is 3.36. The Morgan fingerprint density at radius 1 is 1.16 bits per heavy atom. The van der Waals surface area contributed by atoms with Crippen molar-refractivity contribution in [3.63, 3.8) is 0 Å². The van der Waals surface area contributed by atoms with Crippen LogP contribution in [0.25, 0.3) is 11.1 Å². The van der Waals surface area contributed by atoms with E-state index in [9.17, 15) is 14.7 Å². The first-order valence-corrected chi connectivity index (χ1v) is 13.1. The third-order valence-electron chi connectivity index (χ3n) is 7.49. The number of nitrogens with zero attached hydrogens (tertiary/aromatic N) is 1. The van der Waals surface area contributed by atoms with Crippen molar-refractivity contribution >= 4 is 29.2 Å². The summed E-state index contributed by atoms with van der Waals surface area (Å²) in [6, 6.07) is 12.2. The van der Waals surface area contributed by atoms with Crippen LogP contribution in [-0.2, 0) is 9.59 Å². The van der Waals surface area contributed by atoms with Gasteiger partial charge in [0, 0.05) is 23.0 Å². The fourth-order valence-corrected chi connectivity index (χ4v) is 5.61. The number of aromatic nitrogens is 1. The number of carboxylic acid groups (broad SMARTS) is 1. The summed E-state index contributed by atoms with van der Waals surface area (Å²) in [7, 11) is 0. The lowest BCUT2D eigenvalue weighted by molar-refractivity contribution is -0.137. The third-order valence-corrected chi connectivity index (χ3v) is 7.87. The van der Waals surface area contributed by atoms with Crippen molar-refractivity contribution in [1.29, 1.82) is 0 Å². The lowest BCUT2D eigenvalue weighted by atomic mass is 9.83. The highest BCUT2D eigenvalue weighted by molar-refractivity contribution is 6.31. The number of benzene rings is 2. The lowest BCUT2D eigenvalue weighted by Gasteiger charge is -2.25. The Hall–Kier alpha value is -3.25. The Labute approximate surface area is 222 Å². The van der Waals surface area contributed by atoms with E-state index >= 15 is 4.39 Å². The van der Waals surface area contributed by atoms with E-state index in [-0.39, 0.29) is 24.2 Å². The molecule has 1 aliphatic carbocycles. The zero-order valence-electron chi connectivity index (χ0n) is 21.4. The van der Waals surface area contributed by atoms with E-state index in [0.717, 1.165) is 36.8 Å². The molecule has 0 saturated heterocycles. The Kier molecular flexibility index (Phi) is 8.28. The minimum Gasteiger partial charge on any atom is -0.481 e. The van der Waals surface area contributed by atoms with Crippen LogP contribution in [0, 0.1) is 25.6 Å². The number of carbonyl (C=O) groups is 2. The Balaban J connectivity index is 1.64. The molecule has 194 valence electrons. The second-order valence-electron chi connectivity index (χ2n) is 10.1. The van der Waals surface area contributed by atoms with Gasteiger partial charge in [-0.1, -0.05) is 55.6 Å².